The molecule has 0 bridgehead atoms. The highest BCUT2D eigenvalue weighted by Crippen LogP contribution is 2.31. The minimum Gasteiger partial charge on any atom is -0.340 e. The molecule has 24 heavy (non-hydrogen) atoms. The van der Waals surface area contributed by atoms with E-state index in [1.54, 1.807) is 11.3 Å². The van der Waals surface area contributed by atoms with Gasteiger partial charge >= 0.3 is 0 Å². The summed E-state index contributed by atoms with van der Waals surface area (Å²) in [5.41, 5.74) is 2.11. The van der Waals surface area contributed by atoms with E-state index in [1.807, 2.05) is 29.2 Å². The van der Waals surface area contributed by atoms with Gasteiger partial charge < -0.3 is 4.90 Å². The quantitative estimate of drug-likeness (QED) is 0.836. The largest absolute Gasteiger partial charge is 0.340 e. The first-order valence-electron chi connectivity index (χ1n) is 8.40. The Morgan fingerprint density at radius 3 is 2.54 bits per heavy atom. The molecule has 1 aliphatic carbocycles. The molecule has 1 aliphatic heterocycles. The summed E-state index contributed by atoms with van der Waals surface area (Å²) in [6, 6.07) is 7.80. The highest BCUT2D eigenvalue weighted by molar-refractivity contribution is 7.09. The fourth-order valence-electron chi connectivity index (χ4n) is 3.04. The van der Waals surface area contributed by atoms with Crippen LogP contribution < -0.4 is 0 Å². The lowest BCUT2D eigenvalue weighted by Gasteiger charge is -2.34. The molecule has 0 radical (unpaired) electrons. The van der Waals surface area contributed by atoms with Crippen molar-refractivity contribution in [3.8, 4) is 11.3 Å². The number of benzene rings is 1. The van der Waals surface area contributed by atoms with Gasteiger partial charge in [-0.3, -0.25) is 9.69 Å². The van der Waals surface area contributed by atoms with Crippen molar-refractivity contribution in [3.63, 3.8) is 0 Å². The Hall–Kier alpha value is -1.43. The number of aromatic nitrogens is 1. The second-order valence-electron chi connectivity index (χ2n) is 6.51. The molecule has 1 aromatic carbocycles. The average Bonchev–Trinajstić information content (AvgIpc) is 3.35. The molecule has 0 N–H and O–H groups in total. The van der Waals surface area contributed by atoms with E-state index in [-0.39, 0.29) is 0 Å². The summed E-state index contributed by atoms with van der Waals surface area (Å²) < 4.78 is 0. The summed E-state index contributed by atoms with van der Waals surface area (Å²) in [6.45, 7) is 4.45. The summed E-state index contributed by atoms with van der Waals surface area (Å²) in [5, 5.41) is 3.97. The zero-order valence-corrected chi connectivity index (χ0v) is 15.0. The highest BCUT2D eigenvalue weighted by atomic mass is 35.5. The van der Waals surface area contributed by atoms with Crippen molar-refractivity contribution in [2.45, 2.75) is 19.4 Å². The molecule has 126 valence electrons. The van der Waals surface area contributed by atoms with Crippen molar-refractivity contribution >= 4 is 28.8 Å². The van der Waals surface area contributed by atoms with E-state index in [4.69, 9.17) is 16.6 Å². The van der Waals surface area contributed by atoms with Crippen LogP contribution in [0, 0.1) is 5.92 Å². The van der Waals surface area contributed by atoms with Crippen LogP contribution in [0.1, 0.15) is 17.8 Å². The predicted molar refractivity (Wildman–Crippen MR) is 97.1 cm³/mol. The summed E-state index contributed by atoms with van der Waals surface area (Å²) >= 11 is 7.64. The van der Waals surface area contributed by atoms with E-state index in [0.717, 1.165) is 66.9 Å². The predicted octanol–water partition coefficient (Wildman–Crippen LogP) is 3.52. The van der Waals surface area contributed by atoms with E-state index in [0.29, 0.717) is 11.8 Å². The van der Waals surface area contributed by atoms with Gasteiger partial charge in [-0.15, -0.1) is 11.3 Å². The SMILES string of the molecule is O=C(C1CC1)N1CCN(Cc2nc(-c3ccc(Cl)cc3)cs2)CC1. The fraction of sp³-hybridized carbons (Fsp3) is 0.444. The second kappa shape index (κ2) is 6.82. The van der Waals surface area contributed by atoms with Crippen LogP contribution in [-0.2, 0) is 11.3 Å². The standard InChI is InChI=1S/C18H20ClN3OS/c19-15-5-3-13(4-6-15)16-12-24-17(20-16)11-21-7-9-22(10-8-21)18(23)14-1-2-14/h3-6,12,14H,1-2,7-11H2. The van der Waals surface area contributed by atoms with Crippen LogP contribution >= 0.6 is 22.9 Å². The van der Waals surface area contributed by atoms with Crippen LogP contribution in [0.3, 0.4) is 0 Å². The van der Waals surface area contributed by atoms with Crippen molar-refractivity contribution < 1.29 is 4.79 Å². The topological polar surface area (TPSA) is 36.4 Å². The molecule has 4 rings (SSSR count). The average molecular weight is 362 g/mol. The lowest BCUT2D eigenvalue weighted by molar-refractivity contribution is -0.134. The Kier molecular flexibility index (Phi) is 4.57. The zero-order chi connectivity index (χ0) is 16.5. The molecule has 6 heteroatoms. The number of amides is 1. The number of carbonyl (C=O) groups is 1. The van der Waals surface area contributed by atoms with Gasteiger partial charge in [0.1, 0.15) is 5.01 Å². The molecule has 1 aromatic heterocycles. The molecule has 2 fully saturated rings. The number of hydrogen-bond acceptors (Lipinski definition) is 4. The molecule has 2 aliphatic rings. The molecule has 0 spiro atoms. The molecule has 0 unspecified atom stereocenters. The number of halogens is 1. The molecule has 4 nitrogen and oxygen atoms in total. The Morgan fingerprint density at radius 2 is 1.88 bits per heavy atom. The van der Waals surface area contributed by atoms with Crippen molar-refractivity contribution in [2.75, 3.05) is 26.2 Å². The van der Waals surface area contributed by atoms with Gasteiger partial charge in [-0.2, -0.15) is 0 Å². The lowest BCUT2D eigenvalue weighted by Crippen LogP contribution is -2.48. The van der Waals surface area contributed by atoms with E-state index >= 15 is 0 Å². The summed E-state index contributed by atoms with van der Waals surface area (Å²) in [4.78, 5) is 21.3. The minimum absolute atomic E-state index is 0.331. The van der Waals surface area contributed by atoms with Crippen LogP contribution in [-0.4, -0.2) is 46.9 Å². The maximum atomic E-state index is 12.1. The summed E-state index contributed by atoms with van der Waals surface area (Å²) in [7, 11) is 0. The second-order valence-corrected chi connectivity index (χ2v) is 7.89. The lowest BCUT2D eigenvalue weighted by atomic mass is 10.2. The number of thiazole rings is 1. The maximum absolute atomic E-state index is 12.1. The number of rotatable bonds is 4. The van der Waals surface area contributed by atoms with Crippen molar-refractivity contribution in [2.24, 2.45) is 5.92 Å². The van der Waals surface area contributed by atoms with Gasteiger partial charge in [0.15, 0.2) is 0 Å². The Labute approximate surface area is 151 Å². The third-order valence-corrected chi connectivity index (χ3v) is 5.75. The van der Waals surface area contributed by atoms with Gasteiger partial charge in [0, 0.05) is 48.1 Å². The Bertz CT molecular complexity index is 718. The van der Waals surface area contributed by atoms with E-state index < -0.39 is 0 Å². The van der Waals surface area contributed by atoms with Crippen molar-refractivity contribution in [3.05, 3.63) is 39.7 Å². The molecule has 1 saturated heterocycles. The summed E-state index contributed by atoms with van der Waals surface area (Å²) in [6.07, 6.45) is 2.18. The fourth-order valence-corrected chi connectivity index (χ4v) is 4.01. The number of piperazine rings is 1. The van der Waals surface area contributed by atoms with Crippen LogP contribution in [0.2, 0.25) is 5.02 Å². The zero-order valence-electron chi connectivity index (χ0n) is 13.4. The number of nitrogens with zero attached hydrogens (tertiary/aromatic N) is 3. The Morgan fingerprint density at radius 1 is 1.17 bits per heavy atom. The molecule has 2 aromatic rings. The van der Waals surface area contributed by atoms with E-state index in [9.17, 15) is 4.79 Å². The van der Waals surface area contributed by atoms with Crippen LogP contribution in [0.5, 0.6) is 0 Å². The van der Waals surface area contributed by atoms with Gasteiger partial charge in [0.25, 0.3) is 0 Å². The number of hydrogen-bond donors (Lipinski definition) is 0. The summed E-state index contributed by atoms with van der Waals surface area (Å²) in [5.74, 6) is 0.700. The van der Waals surface area contributed by atoms with Crippen LogP contribution in [0.4, 0.5) is 0 Å². The smallest absolute Gasteiger partial charge is 0.225 e. The van der Waals surface area contributed by atoms with E-state index in [2.05, 4.69) is 10.3 Å². The normalized spacial score (nSPS) is 18.8. The van der Waals surface area contributed by atoms with Crippen molar-refractivity contribution in [1.29, 1.82) is 0 Å². The molecule has 2 heterocycles. The minimum atomic E-state index is 0.331. The third kappa shape index (κ3) is 3.63. The van der Waals surface area contributed by atoms with Gasteiger partial charge in [-0.25, -0.2) is 4.98 Å². The maximum Gasteiger partial charge on any atom is 0.225 e. The van der Waals surface area contributed by atoms with Gasteiger partial charge in [0.2, 0.25) is 5.91 Å². The molecule has 1 saturated carbocycles. The number of carbonyl (C=O) groups excluding carboxylic acids is 1. The van der Waals surface area contributed by atoms with Crippen molar-refractivity contribution in [1.82, 2.24) is 14.8 Å². The Balaban J connectivity index is 1.33. The molecular formula is C18H20ClN3OS. The van der Waals surface area contributed by atoms with Crippen LogP contribution in [0.25, 0.3) is 11.3 Å². The van der Waals surface area contributed by atoms with Crippen LogP contribution in [0.15, 0.2) is 29.6 Å². The third-order valence-electron chi connectivity index (χ3n) is 4.66. The first-order valence-corrected chi connectivity index (χ1v) is 9.66. The van der Waals surface area contributed by atoms with Gasteiger partial charge in [0.05, 0.1) is 12.2 Å². The van der Waals surface area contributed by atoms with Gasteiger partial charge in [-0.05, 0) is 25.0 Å². The first-order chi connectivity index (χ1) is 11.7. The first kappa shape index (κ1) is 16.1. The monoisotopic (exact) mass is 361 g/mol. The molecule has 1 amide bonds. The van der Waals surface area contributed by atoms with E-state index in [1.165, 1.54) is 0 Å². The highest BCUT2D eigenvalue weighted by Gasteiger charge is 2.34. The van der Waals surface area contributed by atoms with Gasteiger partial charge in [-0.1, -0.05) is 23.7 Å². The molecule has 0 atom stereocenters. The molecular weight excluding hydrogens is 342 g/mol.